The van der Waals surface area contributed by atoms with Gasteiger partial charge in [-0.05, 0) is 24.0 Å². The molecule has 1 aliphatic rings. The Bertz CT molecular complexity index is 998. The molecule has 0 bridgehead atoms. The van der Waals surface area contributed by atoms with E-state index in [9.17, 15) is 14.7 Å². The molecule has 0 spiro atoms. The van der Waals surface area contributed by atoms with Crippen LogP contribution in [0.25, 0.3) is 22.4 Å². The lowest BCUT2D eigenvalue weighted by Gasteiger charge is -2.30. The Labute approximate surface area is 173 Å². The summed E-state index contributed by atoms with van der Waals surface area (Å²) in [6.45, 7) is 0. The zero-order valence-electron chi connectivity index (χ0n) is 15.8. The van der Waals surface area contributed by atoms with E-state index in [0.29, 0.717) is 18.0 Å². The first-order valence-corrected chi connectivity index (χ1v) is 10.6. The highest BCUT2D eigenvalue weighted by Gasteiger charge is 2.32. The number of rotatable bonds is 5. The maximum atomic E-state index is 12.6. The Hall–Kier alpha value is -2.99. The van der Waals surface area contributed by atoms with Crippen LogP contribution < -0.4 is 10.4 Å². The molecule has 1 saturated carbocycles. The fraction of sp³-hybridized carbons (Fsp3) is 0.261. The minimum Gasteiger partial charge on any atom is -0.550 e. The third-order valence-corrected chi connectivity index (χ3v) is 6.19. The van der Waals surface area contributed by atoms with Crippen molar-refractivity contribution in [1.82, 2.24) is 4.98 Å². The predicted molar refractivity (Wildman–Crippen MR) is 112 cm³/mol. The van der Waals surface area contributed by atoms with E-state index in [-0.39, 0.29) is 5.91 Å². The molecule has 0 aliphatic heterocycles. The molecule has 2 aromatic carbocycles. The Balaban J connectivity index is 1.45. The summed E-state index contributed by atoms with van der Waals surface area (Å²) in [5.74, 6) is -2.68. The van der Waals surface area contributed by atoms with E-state index in [1.807, 2.05) is 35.7 Å². The Kier molecular flexibility index (Phi) is 5.71. The summed E-state index contributed by atoms with van der Waals surface area (Å²) >= 11 is 1.34. The van der Waals surface area contributed by atoms with Crippen LogP contribution in [0.4, 0.5) is 5.13 Å². The second kappa shape index (κ2) is 8.57. The van der Waals surface area contributed by atoms with E-state index in [1.165, 1.54) is 11.3 Å². The van der Waals surface area contributed by atoms with Gasteiger partial charge in [0.15, 0.2) is 5.13 Å². The van der Waals surface area contributed by atoms with Gasteiger partial charge < -0.3 is 15.2 Å². The van der Waals surface area contributed by atoms with E-state index in [1.54, 1.807) is 0 Å². The molecular formula is C23H21N2O3S-. The summed E-state index contributed by atoms with van der Waals surface area (Å²) in [6, 6.07) is 18.3. The van der Waals surface area contributed by atoms with E-state index in [2.05, 4.69) is 34.6 Å². The van der Waals surface area contributed by atoms with Gasteiger partial charge in [-0.3, -0.25) is 4.79 Å². The molecule has 1 aliphatic carbocycles. The monoisotopic (exact) mass is 405 g/mol. The standard InChI is InChI=1S/C23H22N2O3S/c26-21(18-8-4-5-9-19(18)22(27)28)25-23-24-20(14-29-23)17-12-10-16(11-13-17)15-6-2-1-3-7-15/h1-3,6-7,10-14,18-19H,4-5,8-9H2,(H,27,28)(H,24,25,26)/p-1/t18-,19+/m1/s1. The third kappa shape index (κ3) is 4.38. The summed E-state index contributed by atoms with van der Waals surface area (Å²) in [6.07, 6.45) is 2.75. The summed E-state index contributed by atoms with van der Waals surface area (Å²) in [7, 11) is 0. The molecule has 2 atom stereocenters. The number of nitrogens with one attached hydrogen (secondary N) is 1. The van der Waals surface area contributed by atoms with E-state index in [4.69, 9.17) is 0 Å². The van der Waals surface area contributed by atoms with Crippen molar-refractivity contribution in [2.45, 2.75) is 25.7 Å². The van der Waals surface area contributed by atoms with Crippen molar-refractivity contribution in [1.29, 1.82) is 0 Å². The molecule has 0 radical (unpaired) electrons. The number of hydrogen-bond acceptors (Lipinski definition) is 5. The molecule has 0 saturated heterocycles. The number of carboxylic acid groups (broad SMARTS) is 1. The van der Waals surface area contributed by atoms with Gasteiger partial charge in [-0.15, -0.1) is 11.3 Å². The number of anilines is 1. The van der Waals surface area contributed by atoms with Crippen molar-refractivity contribution in [2.75, 3.05) is 5.32 Å². The third-order valence-electron chi connectivity index (χ3n) is 5.43. The van der Waals surface area contributed by atoms with Crippen LogP contribution >= 0.6 is 11.3 Å². The SMILES string of the molecule is O=C([O-])[C@H]1CCCC[C@H]1C(=O)Nc1nc(-c2ccc(-c3ccccc3)cc2)cs1. The molecule has 1 heterocycles. The van der Waals surface area contributed by atoms with Gasteiger partial charge in [0, 0.05) is 28.7 Å². The number of thiazole rings is 1. The molecule has 1 amide bonds. The molecular weight excluding hydrogens is 384 g/mol. The topological polar surface area (TPSA) is 82.1 Å². The zero-order chi connectivity index (χ0) is 20.2. The Morgan fingerprint density at radius 3 is 2.21 bits per heavy atom. The average Bonchev–Trinajstić information content (AvgIpc) is 3.23. The summed E-state index contributed by atoms with van der Waals surface area (Å²) in [4.78, 5) is 28.4. The number of aromatic nitrogens is 1. The van der Waals surface area contributed by atoms with Gasteiger partial charge in [0.05, 0.1) is 5.69 Å². The zero-order valence-corrected chi connectivity index (χ0v) is 16.7. The van der Waals surface area contributed by atoms with Crippen molar-refractivity contribution in [3.8, 4) is 22.4 Å². The minimum atomic E-state index is -1.14. The highest BCUT2D eigenvalue weighted by Crippen LogP contribution is 2.32. The smallest absolute Gasteiger partial charge is 0.229 e. The normalized spacial score (nSPS) is 18.9. The van der Waals surface area contributed by atoms with Crippen molar-refractivity contribution in [2.24, 2.45) is 11.8 Å². The van der Waals surface area contributed by atoms with Crippen LogP contribution in [0.2, 0.25) is 0 Å². The maximum absolute atomic E-state index is 12.6. The first-order chi connectivity index (χ1) is 14.1. The quantitative estimate of drug-likeness (QED) is 0.696. The fourth-order valence-corrected chi connectivity index (χ4v) is 4.58. The summed E-state index contributed by atoms with van der Waals surface area (Å²) in [5, 5.41) is 16.5. The first-order valence-electron chi connectivity index (χ1n) is 9.75. The van der Waals surface area contributed by atoms with Crippen LogP contribution in [-0.2, 0) is 9.59 Å². The highest BCUT2D eigenvalue weighted by molar-refractivity contribution is 7.14. The highest BCUT2D eigenvalue weighted by atomic mass is 32.1. The fourth-order valence-electron chi connectivity index (χ4n) is 3.85. The number of carbonyl (C=O) groups excluding carboxylic acids is 2. The van der Waals surface area contributed by atoms with Gasteiger partial charge in [-0.2, -0.15) is 0 Å². The molecule has 5 nitrogen and oxygen atoms in total. The molecule has 1 fully saturated rings. The molecule has 1 aromatic heterocycles. The molecule has 6 heteroatoms. The summed E-state index contributed by atoms with van der Waals surface area (Å²) < 4.78 is 0. The number of aliphatic carboxylic acids is 1. The predicted octanol–water partition coefficient (Wildman–Crippen LogP) is 3.97. The van der Waals surface area contributed by atoms with E-state index < -0.39 is 17.8 Å². The average molecular weight is 405 g/mol. The number of carboxylic acids is 1. The van der Waals surface area contributed by atoms with Gasteiger partial charge in [0.1, 0.15) is 0 Å². The van der Waals surface area contributed by atoms with Gasteiger partial charge in [0.2, 0.25) is 5.91 Å². The number of nitrogens with zero attached hydrogens (tertiary/aromatic N) is 1. The van der Waals surface area contributed by atoms with Crippen LogP contribution in [0, 0.1) is 11.8 Å². The van der Waals surface area contributed by atoms with Crippen molar-refractivity contribution in [3.05, 3.63) is 60.0 Å². The second-order valence-corrected chi connectivity index (χ2v) is 8.15. The molecule has 4 rings (SSSR count). The Morgan fingerprint density at radius 2 is 1.52 bits per heavy atom. The van der Waals surface area contributed by atoms with Crippen molar-refractivity contribution in [3.63, 3.8) is 0 Å². The number of carbonyl (C=O) groups is 2. The van der Waals surface area contributed by atoms with Crippen molar-refractivity contribution < 1.29 is 14.7 Å². The van der Waals surface area contributed by atoms with Gasteiger partial charge in [0.25, 0.3) is 0 Å². The molecule has 148 valence electrons. The van der Waals surface area contributed by atoms with Crippen molar-refractivity contribution >= 4 is 28.3 Å². The van der Waals surface area contributed by atoms with Crippen LogP contribution in [0.1, 0.15) is 25.7 Å². The summed E-state index contributed by atoms with van der Waals surface area (Å²) in [5.41, 5.74) is 4.03. The van der Waals surface area contributed by atoms with Gasteiger partial charge in [-0.25, -0.2) is 4.98 Å². The van der Waals surface area contributed by atoms with Gasteiger partial charge >= 0.3 is 0 Å². The van der Waals surface area contributed by atoms with E-state index >= 15 is 0 Å². The maximum Gasteiger partial charge on any atom is 0.229 e. The number of amides is 1. The Morgan fingerprint density at radius 1 is 0.897 bits per heavy atom. The van der Waals surface area contributed by atoms with E-state index in [0.717, 1.165) is 35.2 Å². The van der Waals surface area contributed by atoms with Crippen LogP contribution in [0.3, 0.4) is 0 Å². The van der Waals surface area contributed by atoms with Crippen LogP contribution in [0.15, 0.2) is 60.0 Å². The largest absolute Gasteiger partial charge is 0.550 e. The van der Waals surface area contributed by atoms with Gasteiger partial charge in [-0.1, -0.05) is 67.4 Å². The lowest BCUT2D eigenvalue weighted by atomic mass is 9.79. The number of hydrogen-bond donors (Lipinski definition) is 1. The minimum absolute atomic E-state index is 0.278. The molecule has 0 unspecified atom stereocenters. The molecule has 3 aromatic rings. The lowest BCUT2D eigenvalue weighted by molar-refractivity contribution is -0.313. The first kappa shape index (κ1) is 19.3. The molecule has 1 N–H and O–H groups in total. The van der Waals surface area contributed by atoms with Crippen LogP contribution in [-0.4, -0.2) is 16.9 Å². The number of benzene rings is 2. The van der Waals surface area contributed by atoms with Crippen LogP contribution in [0.5, 0.6) is 0 Å². The molecule has 29 heavy (non-hydrogen) atoms. The lowest BCUT2D eigenvalue weighted by Crippen LogP contribution is -2.42. The second-order valence-electron chi connectivity index (χ2n) is 7.29.